The first-order valence-corrected chi connectivity index (χ1v) is 8.73. The number of para-hydroxylation sites is 2. The highest BCUT2D eigenvalue weighted by Gasteiger charge is 2.40. The first kappa shape index (κ1) is 17.2. The van der Waals surface area contributed by atoms with E-state index in [2.05, 4.69) is 5.32 Å². The summed E-state index contributed by atoms with van der Waals surface area (Å²) in [6.07, 6.45) is 0.157. The third-order valence-electron chi connectivity index (χ3n) is 4.50. The molecule has 2 aromatic carbocycles. The van der Waals surface area contributed by atoms with Crippen LogP contribution in [-0.2, 0) is 9.59 Å². The quantitative estimate of drug-likeness (QED) is 0.898. The van der Waals surface area contributed by atoms with Gasteiger partial charge in [0.25, 0.3) is 5.91 Å². The highest BCUT2D eigenvalue weighted by Crippen LogP contribution is 2.37. The van der Waals surface area contributed by atoms with Gasteiger partial charge in [-0.15, -0.1) is 0 Å². The van der Waals surface area contributed by atoms with E-state index in [1.165, 1.54) is 0 Å². The Kier molecular flexibility index (Phi) is 4.14. The zero-order valence-electron chi connectivity index (χ0n) is 15.2. The van der Waals surface area contributed by atoms with Crippen molar-refractivity contribution in [1.82, 2.24) is 0 Å². The Morgan fingerprint density at radius 3 is 2.74 bits per heavy atom. The van der Waals surface area contributed by atoms with Gasteiger partial charge in [0, 0.05) is 24.7 Å². The molecule has 2 heterocycles. The van der Waals surface area contributed by atoms with Gasteiger partial charge in [-0.25, -0.2) is 0 Å². The van der Waals surface area contributed by atoms with Crippen LogP contribution < -0.4 is 24.4 Å². The average Bonchev–Trinajstić information content (AvgIpc) is 3.09. The van der Waals surface area contributed by atoms with Crippen molar-refractivity contribution in [2.24, 2.45) is 0 Å². The van der Waals surface area contributed by atoms with Gasteiger partial charge in [0.05, 0.1) is 5.69 Å². The molecule has 2 aliphatic heterocycles. The molecule has 0 aromatic heterocycles. The van der Waals surface area contributed by atoms with Gasteiger partial charge in [-0.05, 0) is 38.1 Å². The molecule has 27 heavy (non-hydrogen) atoms. The van der Waals surface area contributed by atoms with Crippen LogP contribution in [0.5, 0.6) is 17.2 Å². The van der Waals surface area contributed by atoms with Gasteiger partial charge in [-0.1, -0.05) is 12.1 Å². The molecule has 2 aliphatic rings. The van der Waals surface area contributed by atoms with Crippen molar-refractivity contribution in [3.05, 3.63) is 42.5 Å². The molecule has 2 aromatic rings. The van der Waals surface area contributed by atoms with Crippen molar-refractivity contribution in [2.45, 2.75) is 25.9 Å². The first-order chi connectivity index (χ1) is 12.9. The first-order valence-electron chi connectivity index (χ1n) is 8.73. The molecular formula is C20H20N2O5. The number of nitrogens with one attached hydrogen (secondary N) is 1. The fourth-order valence-corrected chi connectivity index (χ4v) is 3.15. The van der Waals surface area contributed by atoms with Gasteiger partial charge in [0.2, 0.25) is 12.7 Å². The second kappa shape index (κ2) is 6.50. The van der Waals surface area contributed by atoms with Gasteiger partial charge >= 0.3 is 0 Å². The van der Waals surface area contributed by atoms with E-state index in [1.807, 2.05) is 24.3 Å². The van der Waals surface area contributed by atoms with E-state index in [4.69, 9.17) is 14.2 Å². The summed E-state index contributed by atoms with van der Waals surface area (Å²) in [6.45, 7) is 3.90. The zero-order chi connectivity index (χ0) is 19.0. The molecule has 0 aliphatic carbocycles. The standard InChI is InChI=1S/C20H20N2O5/c1-20(2)19(24)22(14-5-3-4-6-15(14)27-20)10-9-18(23)21-13-7-8-16-17(11-13)26-12-25-16/h3-8,11H,9-10,12H2,1-2H3,(H,21,23). The van der Waals surface area contributed by atoms with Crippen LogP contribution >= 0.6 is 0 Å². The molecule has 0 spiro atoms. The van der Waals surface area contributed by atoms with Crippen molar-refractivity contribution in [3.63, 3.8) is 0 Å². The SMILES string of the molecule is CC1(C)Oc2ccccc2N(CCC(=O)Nc2ccc3c(c2)OCO3)C1=O. The monoisotopic (exact) mass is 368 g/mol. The number of fused-ring (bicyclic) bond motifs is 2. The highest BCUT2D eigenvalue weighted by molar-refractivity contribution is 6.03. The Balaban J connectivity index is 1.44. The topological polar surface area (TPSA) is 77.1 Å². The molecule has 2 amide bonds. The lowest BCUT2D eigenvalue weighted by atomic mass is 10.0. The summed E-state index contributed by atoms with van der Waals surface area (Å²) >= 11 is 0. The van der Waals surface area contributed by atoms with E-state index < -0.39 is 5.60 Å². The van der Waals surface area contributed by atoms with Crippen molar-refractivity contribution in [2.75, 3.05) is 23.6 Å². The summed E-state index contributed by atoms with van der Waals surface area (Å²) in [4.78, 5) is 26.7. The maximum absolute atomic E-state index is 12.7. The minimum Gasteiger partial charge on any atom is -0.476 e. The number of amides is 2. The number of hydrogen-bond donors (Lipinski definition) is 1. The van der Waals surface area contributed by atoms with Crippen LogP contribution in [0.1, 0.15) is 20.3 Å². The van der Waals surface area contributed by atoms with Gasteiger partial charge in [0.1, 0.15) is 5.75 Å². The number of benzene rings is 2. The van der Waals surface area contributed by atoms with Crippen LogP contribution in [0.4, 0.5) is 11.4 Å². The van der Waals surface area contributed by atoms with E-state index in [1.54, 1.807) is 36.9 Å². The van der Waals surface area contributed by atoms with Crippen LogP contribution in [0.15, 0.2) is 42.5 Å². The molecule has 0 bridgehead atoms. The summed E-state index contributed by atoms with van der Waals surface area (Å²) in [5.41, 5.74) is 0.332. The van der Waals surface area contributed by atoms with Crippen molar-refractivity contribution in [3.8, 4) is 17.2 Å². The third kappa shape index (κ3) is 3.28. The molecule has 0 unspecified atom stereocenters. The van der Waals surface area contributed by atoms with Crippen LogP contribution in [-0.4, -0.2) is 30.8 Å². The largest absolute Gasteiger partial charge is 0.476 e. The Bertz CT molecular complexity index is 909. The lowest BCUT2D eigenvalue weighted by Crippen LogP contribution is -2.53. The molecular weight excluding hydrogens is 348 g/mol. The molecule has 0 fully saturated rings. The minimum absolute atomic E-state index is 0.157. The van der Waals surface area contributed by atoms with Gasteiger partial charge < -0.3 is 24.4 Å². The van der Waals surface area contributed by atoms with E-state index >= 15 is 0 Å². The third-order valence-corrected chi connectivity index (χ3v) is 4.50. The number of rotatable bonds is 4. The van der Waals surface area contributed by atoms with Crippen LogP contribution in [0.25, 0.3) is 0 Å². The molecule has 0 saturated heterocycles. The smallest absolute Gasteiger partial charge is 0.270 e. The second-order valence-electron chi connectivity index (χ2n) is 6.90. The van der Waals surface area contributed by atoms with Crippen molar-refractivity contribution < 1.29 is 23.8 Å². The Labute approximate surface area is 156 Å². The molecule has 140 valence electrons. The summed E-state index contributed by atoms with van der Waals surface area (Å²) in [5, 5.41) is 2.83. The Hall–Kier alpha value is -3.22. The number of nitrogens with zero attached hydrogens (tertiary/aromatic N) is 1. The maximum atomic E-state index is 12.7. The van der Waals surface area contributed by atoms with Crippen LogP contribution in [0.3, 0.4) is 0 Å². The predicted octanol–water partition coefficient (Wildman–Crippen LogP) is 2.95. The van der Waals surface area contributed by atoms with Crippen molar-refractivity contribution in [1.29, 1.82) is 0 Å². The molecule has 1 N–H and O–H groups in total. The minimum atomic E-state index is -0.970. The number of carbonyl (C=O) groups excluding carboxylic acids is 2. The van der Waals surface area contributed by atoms with E-state index in [0.29, 0.717) is 28.6 Å². The van der Waals surface area contributed by atoms with Gasteiger partial charge in [-0.2, -0.15) is 0 Å². The summed E-state index contributed by atoms with van der Waals surface area (Å²) in [6, 6.07) is 12.6. The highest BCUT2D eigenvalue weighted by atomic mass is 16.7. The zero-order valence-corrected chi connectivity index (χ0v) is 15.2. The van der Waals surface area contributed by atoms with Crippen LogP contribution in [0.2, 0.25) is 0 Å². The number of ether oxygens (including phenoxy) is 3. The van der Waals surface area contributed by atoms with E-state index in [-0.39, 0.29) is 31.6 Å². The average molecular weight is 368 g/mol. The van der Waals surface area contributed by atoms with Crippen molar-refractivity contribution >= 4 is 23.2 Å². The fraction of sp³-hybridized carbons (Fsp3) is 0.300. The molecule has 0 radical (unpaired) electrons. The molecule has 4 rings (SSSR count). The maximum Gasteiger partial charge on any atom is 0.270 e. The molecule has 0 atom stereocenters. The summed E-state index contributed by atoms with van der Waals surface area (Å²) in [7, 11) is 0. The van der Waals surface area contributed by atoms with Crippen LogP contribution in [0, 0.1) is 0 Å². The van der Waals surface area contributed by atoms with Gasteiger partial charge in [-0.3, -0.25) is 9.59 Å². The lowest BCUT2D eigenvalue weighted by Gasteiger charge is -2.38. The van der Waals surface area contributed by atoms with E-state index in [9.17, 15) is 9.59 Å². The summed E-state index contributed by atoms with van der Waals surface area (Å²) in [5.74, 6) is 1.54. The normalized spacial score (nSPS) is 16.5. The Morgan fingerprint density at radius 2 is 1.89 bits per heavy atom. The van der Waals surface area contributed by atoms with Gasteiger partial charge in [0.15, 0.2) is 17.1 Å². The molecule has 0 saturated carbocycles. The van der Waals surface area contributed by atoms with E-state index in [0.717, 1.165) is 0 Å². The predicted molar refractivity (Wildman–Crippen MR) is 99.3 cm³/mol. The molecule has 7 heteroatoms. The molecule has 7 nitrogen and oxygen atoms in total. The number of carbonyl (C=O) groups is 2. The lowest BCUT2D eigenvalue weighted by molar-refractivity contribution is -0.132. The summed E-state index contributed by atoms with van der Waals surface area (Å²) < 4.78 is 16.4. The second-order valence-corrected chi connectivity index (χ2v) is 6.90. The number of hydrogen-bond acceptors (Lipinski definition) is 5. The number of anilines is 2. The fourth-order valence-electron chi connectivity index (χ4n) is 3.15. The Morgan fingerprint density at radius 1 is 1.11 bits per heavy atom.